The summed E-state index contributed by atoms with van der Waals surface area (Å²) < 4.78 is 10.1. The van der Waals surface area contributed by atoms with Crippen LogP contribution in [0.1, 0.15) is 20.3 Å². The Bertz CT molecular complexity index is 753. The maximum atomic E-state index is 12.9. The summed E-state index contributed by atoms with van der Waals surface area (Å²) in [6.07, 6.45) is -14.7. The van der Waals surface area contributed by atoms with Crippen LogP contribution in [0.4, 0.5) is 0 Å². The minimum Gasteiger partial charge on any atom is -0.453 e. The van der Waals surface area contributed by atoms with Gasteiger partial charge in [-0.15, -0.1) is 0 Å². The maximum absolute atomic E-state index is 12.9. The fraction of sp³-hybridized carbons (Fsp3) is 0.789. The van der Waals surface area contributed by atoms with Crippen molar-refractivity contribution in [2.75, 3.05) is 13.2 Å². The molecule has 0 aromatic rings. The molecule has 1 aliphatic heterocycles. The fourth-order valence-electron chi connectivity index (χ4n) is 3.46. The number of amides is 2. The van der Waals surface area contributed by atoms with Crippen LogP contribution >= 0.6 is 0 Å². The number of ether oxygens (including phenoxy) is 2. The lowest BCUT2D eigenvalue weighted by molar-refractivity contribution is -0.300. The molecule has 10 N–H and O–H groups in total. The van der Waals surface area contributed by atoms with Gasteiger partial charge in [0.25, 0.3) is 5.79 Å². The average molecular weight is 512 g/mol. The Morgan fingerprint density at radius 1 is 1.09 bits per heavy atom. The van der Waals surface area contributed by atoms with E-state index in [1.54, 1.807) is 0 Å². The smallest absolute Gasteiger partial charge is 0.367 e. The zero-order valence-electron chi connectivity index (χ0n) is 18.9. The van der Waals surface area contributed by atoms with Crippen molar-refractivity contribution in [2.45, 2.75) is 80.9 Å². The summed E-state index contributed by atoms with van der Waals surface area (Å²) in [5, 5.41) is 83.8. The lowest BCUT2D eigenvalue weighted by Crippen LogP contribution is -2.68. The van der Waals surface area contributed by atoms with E-state index in [1.165, 1.54) is 0 Å². The van der Waals surface area contributed by atoms with Gasteiger partial charge >= 0.3 is 5.97 Å². The first-order chi connectivity index (χ1) is 16.2. The van der Waals surface area contributed by atoms with E-state index in [9.17, 15) is 49.8 Å². The number of aliphatic hydroxyl groups excluding tert-OH is 7. The Balaban J connectivity index is 3.31. The van der Waals surface area contributed by atoms with Crippen molar-refractivity contribution in [3.63, 3.8) is 0 Å². The molecule has 1 fully saturated rings. The number of carbonyl (C=O) groups excluding carboxylic acids is 4. The second-order valence-corrected chi connectivity index (χ2v) is 8.08. The number of nitrogens with one attached hydrogen (secondary N) is 2. The van der Waals surface area contributed by atoms with Gasteiger partial charge in [-0.25, -0.2) is 4.79 Å². The largest absolute Gasteiger partial charge is 0.453 e. The SMILES string of the molecule is CC(=O)N[C@H]1[C@H]([C@H](O)[C@H](O)CO)O[C@](O)(C(=O)O[C@@H]([C@@H](O)[C@H](O)CO)[C@H](C=O)NC(C)=O)C[C@@H]1O. The molecule has 1 rings (SSSR count). The highest BCUT2D eigenvalue weighted by atomic mass is 16.7. The number of aldehydes is 1. The van der Waals surface area contributed by atoms with Crippen LogP contribution in [0.3, 0.4) is 0 Å². The molecule has 1 heterocycles. The van der Waals surface area contributed by atoms with Gasteiger partial charge in [0, 0.05) is 20.3 Å². The highest BCUT2D eigenvalue weighted by Gasteiger charge is 2.55. The van der Waals surface area contributed by atoms with E-state index in [-0.39, 0.29) is 6.29 Å². The third-order valence-electron chi connectivity index (χ3n) is 5.22. The molecule has 0 aliphatic carbocycles. The molecule has 10 atom stereocenters. The van der Waals surface area contributed by atoms with Gasteiger partial charge in [0.05, 0.1) is 25.4 Å². The summed E-state index contributed by atoms with van der Waals surface area (Å²) in [6, 6.07) is -3.24. The van der Waals surface area contributed by atoms with E-state index in [2.05, 4.69) is 5.32 Å². The topological polar surface area (TPSA) is 273 Å². The van der Waals surface area contributed by atoms with E-state index in [0.29, 0.717) is 0 Å². The lowest BCUT2D eigenvalue weighted by Gasteiger charge is -2.45. The molecule has 0 aromatic heterocycles. The molecule has 0 aromatic carbocycles. The maximum Gasteiger partial charge on any atom is 0.367 e. The molecular weight excluding hydrogens is 480 g/mol. The van der Waals surface area contributed by atoms with Crippen molar-refractivity contribution in [3.8, 4) is 0 Å². The van der Waals surface area contributed by atoms with E-state index >= 15 is 0 Å². The molecular formula is C19H32N2O14. The first-order valence-corrected chi connectivity index (χ1v) is 10.4. The second-order valence-electron chi connectivity index (χ2n) is 8.08. The predicted molar refractivity (Wildman–Crippen MR) is 110 cm³/mol. The van der Waals surface area contributed by atoms with Crippen LogP contribution in [-0.4, -0.2) is 139 Å². The van der Waals surface area contributed by atoms with Crippen LogP contribution in [-0.2, 0) is 28.7 Å². The van der Waals surface area contributed by atoms with Gasteiger partial charge in [-0.3, -0.25) is 9.59 Å². The Hall–Kier alpha value is -2.28. The molecule has 0 radical (unpaired) electrons. The van der Waals surface area contributed by atoms with Crippen molar-refractivity contribution < 1.29 is 69.5 Å². The molecule has 16 nitrogen and oxygen atoms in total. The first-order valence-electron chi connectivity index (χ1n) is 10.4. The van der Waals surface area contributed by atoms with Crippen LogP contribution in [0, 0.1) is 0 Å². The van der Waals surface area contributed by atoms with Crippen LogP contribution in [0.15, 0.2) is 0 Å². The van der Waals surface area contributed by atoms with Gasteiger partial charge in [0.1, 0.15) is 42.8 Å². The van der Waals surface area contributed by atoms with Gasteiger partial charge in [0.15, 0.2) is 6.10 Å². The zero-order valence-corrected chi connectivity index (χ0v) is 18.9. The molecule has 0 spiro atoms. The summed E-state index contributed by atoms with van der Waals surface area (Å²) in [5.74, 6) is -6.40. The highest BCUT2D eigenvalue weighted by Crippen LogP contribution is 2.32. The summed E-state index contributed by atoms with van der Waals surface area (Å²) in [4.78, 5) is 47.2. The van der Waals surface area contributed by atoms with Crippen molar-refractivity contribution in [1.82, 2.24) is 10.6 Å². The third kappa shape index (κ3) is 7.86. The standard InChI is InChI=1S/C19H32N2O14/c1-7(25)20-9(4-22)16(14(30)11(28)5-23)34-18(32)19(33)3-10(27)13(21-8(2)26)17(35-19)15(31)12(29)6-24/h4,9-17,23-24,27-31,33H,3,5-6H2,1-2H3,(H,20,25)(H,21,26)/t9-,10-,11+,12+,13+,14-,15+,16+,17+,19-/m0/s1. The van der Waals surface area contributed by atoms with Crippen LogP contribution in [0.5, 0.6) is 0 Å². The van der Waals surface area contributed by atoms with Gasteiger partial charge in [-0.05, 0) is 0 Å². The Morgan fingerprint density at radius 3 is 2.11 bits per heavy atom. The van der Waals surface area contributed by atoms with Crippen LogP contribution in [0.25, 0.3) is 0 Å². The molecule has 35 heavy (non-hydrogen) atoms. The van der Waals surface area contributed by atoms with Crippen molar-refractivity contribution >= 4 is 24.1 Å². The van der Waals surface area contributed by atoms with Gasteiger partial charge in [0.2, 0.25) is 11.8 Å². The minimum atomic E-state index is -3.11. The van der Waals surface area contributed by atoms with Crippen molar-refractivity contribution in [2.24, 2.45) is 0 Å². The second kappa shape index (κ2) is 13.1. The number of aliphatic hydroxyl groups is 8. The molecule has 1 saturated heterocycles. The average Bonchev–Trinajstić information content (AvgIpc) is 2.80. The van der Waals surface area contributed by atoms with E-state index in [4.69, 9.17) is 19.7 Å². The summed E-state index contributed by atoms with van der Waals surface area (Å²) in [6.45, 7) is -0.0172. The monoisotopic (exact) mass is 512 g/mol. The highest BCUT2D eigenvalue weighted by molar-refractivity contribution is 5.80. The molecule has 1 aliphatic rings. The molecule has 16 heteroatoms. The number of esters is 1. The molecule has 202 valence electrons. The molecule has 2 amide bonds. The minimum absolute atomic E-state index is 0.0459. The lowest BCUT2D eigenvalue weighted by atomic mass is 9.88. The number of rotatable bonds is 12. The van der Waals surface area contributed by atoms with Crippen molar-refractivity contribution in [3.05, 3.63) is 0 Å². The van der Waals surface area contributed by atoms with Gasteiger partial charge in [-0.2, -0.15) is 0 Å². The quantitative estimate of drug-likeness (QED) is 0.0860. The number of hydrogen-bond donors (Lipinski definition) is 10. The Morgan fingerprint density at radius 2 is 1.66 bits per heavy atom. The molecule has 0 saturated carbocycles. The van der Waals surface area contributed by atoms with E-state index < -0.39 is 98.0 Å². The predicted octanol–water partition coefficient (Wildman–Crippen LogP) is -6.63. The van der Waals surface area contributed by atoms with Gasteiger partial charge < -0.3 is 65.8 Å². The summed E-state index contributed by atoms with van der Waals surface area (Å²) >= 11 is 0. The molecule has 0 bridgehead atoms. The van der Waals surface area contributed by atoms with Crippen LogP contribution < -0.4 is 10.6 Å². The van der Waals surface area contributed by atoms with E-state index in [0.717, 1.165) is 13.8 Å². The number of hydrogen-bond acceptors (Lipinski definition) is 14. The Kier molecular flexibility index (Phi) is 11.5. The fourth-order valence-corrected chi connectivity index (χ4v) is 3.46. The summed E-state index contributed by atoms with van der Waals surface area (Å²) in [7, 11) is 0. The summed E-state index contributed by atoms with van der Waals surface area (Å²) in [5.41, 5.74) is 0. The normalized spacial score (nSPS) is 29.6. The first kappa shape index (κ1) is 30.8. The van der Waals surface area contributed by atoms with Crippen molar-refractivity contribution in [1.29, 1.82) is 0 Å². The number of carbonyl (C=O) groups is 4. The Labute approximate surface area is 199 Å². The van der Waals surface area contributed by atoms with Crippen LogP contribution in [0.2, 0.25) is 0 Å². The van der Waals surface area contributed by atoms with Gasteiger partial charge in [-0.1, -0.05) is 0 Å². The third-order valence-corrected chi connectivity index (χ3v) is 5.22. The zero-order chi connectivity index (χ0) is 27.1. The van der Waals surface area contributed by atoms with E-state index in [1.807, 2.05) is 5.32 Å². The molecule has 0 unspecified atom stereocenters.